The average molecular weight is 276 g/mol. The van der Waals surface area contributed by atoms with Gasteiger partial charge >= 0.3 is 0 Å². The standard InChI is InChI=1S/C15H20N2O3/c1-11(2)10-20-13-5-3-12(4-6-13)15(19)17-8-7-16-14(18)9-17/h3-6,11H,7-10H2,1-2H3,(H,16,18). The van der Waals surface area contributed by atoms with Gasteiger partial charge in [-0.3, -0.25) is 9.59 Å². The molecule has 2 amide bonds. The van der Waals surface area contributed by atoms with Crippen LogP contribution in [0.5, 0.6) is 5.75 Å². The summed E-state index contributed by atoms with van der Waals surface area (Å²) in [6, 6.07) is 7.06. The predicted octanol–water partition coefficient (Wildman–Crippen LogP) is 1.29. The van der Waals surface area contributed by atoms with Crippen LogP contribution in [-0.4, -0.2) is 43.0 Å². The van der Waals surface area contributed by atoms with Crippen LogP contribution >= 0.6 is 0 Å². The molecule has 1 aromatic carbocycles. The van der Waals surface area contributed by atoms with Crippen molar-refractivity contribution in [3.63, 3.8) is 0 Å². The highest BCUT2D eigenvalue weighted by molar-refractivity contribution is 5.97. The van der Waals surface area contributed by atoms with Crippen LogP contribution < -0.4 is 10.1 Å². The van der Waals surface area contributed by atoms with E-state index in [1.807, 2.05) is 0 Å². The summed E-state index contributed by atoms with van der Waals surface area (Å²) in [4.78, 5) is 25.1. The van der Waals surface area contributed by atoms with Gasteiger partial charge in [0.2, 0.25) is 5.91 Å². The largest absolute Gasteiger partial charge is 0.493 e. The molecule has 0 radical (unpaired) electrons. The van der Waals surface area contributed by atoms with Crippen molar-refractivity contribution < 1.29 is 14.3 Å². The molecule has 0 aromatic heterocycles. The quantitative estimate of drug-likeness (QED) is 0.901. The minimum atomic E-state index is -0.116. The summed E-state index contributed by atoms with van der Waals surface area (Å²) in [6.45, 7) is 6.01. The molecule has 20 heavy (non-hydrogen) atoms. The molecule has 1 heterocycles. The lowest BCUT2D eigenvalue weighted by molar-refractivity contribution is -0.123. The molecule has 0 saturated carbocycles. The van der Waals surface area contributed by atoms with Crippen molar-refractivity contribution in [3.8, 4) is 5.75 Å². The maximum atomic E-state index is 12.2. The molecule has 1 saturated heterocycles. The van der Waals surface area contributed by atoms with Crippen molar-refractivity contribution in [2.24, 2.45) is 5.92 Å². The molecule has 108 valence electrons. The van der Waals surface area contributed by atoms with Gasteiger partial charge in [0, 0.05) is 18.7 Å². The van der Waals surface area contributed by atoms with Crippen molar-refractivity contribution in [2.45, 2.75) is 13.8 Å². The van der Waals surface area contributed by atoms with E-state index in [2.05, 4.69) is 19.2 Å². The Morgan fingerprint density at radius 1 is 1.35 bits per heavy atom. The lowest BCUT2D eigenvalue weighted by Crippen LogP contribution is -2.49. The molecular formula is C15H20N2O3. The van der Waals surface area contributed by atoms with Crippen molar-refractivity contribution in [2.75, 3.05) is 26.2 Å². The topological polar surface area (TPSA) is 58.6 Å². The second-order valence-corrected chi connectivity index (χ2v) is 5.31. The van der Waals surface area contributed by atoms with E-state index in [0.717, 1.165) is 5.75 Å². The van der Waals surface area contributed by atoms with Gasteiger partial charge in [0.05, 0.1) is 13.2 Å². The number of hydrogen-bond donors (Lipinski definition) is 1. The normalized spacial score (nSPS) is 15.2. The first-order valence-corrected chi connectivity index (χ1v) is 6.85. The van der Waals surface area contributed by atoms with Gasteiger partial charge in [0.25, 0.3) is 5.91 Å². The summed E-state index contributed by atoms with van der Waals surface area (Å²) in [5, 5.41) is 2.70. The van der Waals surface area contributed by atoms with E-state index in [4.69, 9.17) is 4.74 Å². The van der Waals surface area contributed by atoms with Crippen molar-refractivity contribution in [1.82, 2.24) is 10.2 Å². The van der Waals surface area contributed by atoms with E-state index in [-0.39, 0.29) is 18.4 Å². The van der Waals surface area contributed by atoms with Crippen molar-refractivity contribution in [1.29, 1.82) is 0 Å². The Balaban J connectivity index is 1.98. The molecule has 1 aromatic rings. The molecule has 0 atom stereocenters. The fourth-order valence-corrected chi connectivity index (χ4v) is 1.95. The first-order valence-electron chi connectivity index (χ1n) is 6.85. The molecule has 1 fully saturated rings. The van der Waals surface area contributed by atoms with E-state index in [1.54, 1.807) is 29.2 Å². The Bertz CT molecular complexity index is 482. The molecule has 0 spiro atoms. The summed E-state index contributed by atoms with van der Waals surface area (Å²) < 4.78 is 5.58. The second-order valence-electron chi connectivity index (χ2n) is 5.31. The Morgan fingerprint density at radius 3 is 2.65 bits per heavy atom. The molecule has 2 rings (SSSR count). The number of nitrogens with zero attached hydrogens (tertiary/aromatic N) is 1. The van der Waals surface area contributed by atoms with Gasteiger partial charge in [-0.15, -0.1) is 0 Å². The van der Waals surface area contributed by atoms with Gasteiger partial charge in [-0.2, -0.15) is 0 Å². The van der Waals surface area contributed by atoms with Crippen LogP contribution in [0.1, 0.15) is 24.2 Å². The maximum absolute atomic E-state index is 12.2. The van der Waals surface area contributed by atoms with Gasteiger partial charge in [0.15, 0.2) is 0 Å². The van der Waals surface area contributed by atoms with Crippen LogP contribution in [0.25, 0.3) is 0 Å². The fourth-order valence-electron chi connectivity index (χ4n) is 1.95. The Labute approximate surface area is 118 Å². The zero-order valence-corrected chi connectivity index (χ0v) is 11.9. The highest BCUT2D eigenvalue weighted by atomic mass is 16.5. The minimum absolute atomic E-state index is 0.110. The van der Waals surface area contributed by atoms with Crippen molar-refractivity contribution in [3.05, 3.63) is 29.8 Å². The van der Waals surface area contributed by atoms with Gasteiger partial charge in [0.1, 0.15) is 5.75 Å². The zero-order chi connectivity index (χ0) is 14.5. The molecule has 5 heteroatoms. The fraction of sp³-hybridized carbons (Fsp3) is 0.467. The van der Waals surface area contributed by atoms with Crippen LogP contribution in [0.2, 0.25) is 0 Å². The highest BCUT2D eigenvalue weighted by Gasteiger charge is 2.22. The summed E-state index contributed by atoms with van der Waals surface area (Å²) in [7, 11) is 0. The molecular weight excluding hydrogens is 256 g/mol. The lowest BCUT2D eigenvalue weighted by atomic mass is 10.1. The van der Waals surface area contributed by atoms with E-state index in [1.165, 1.54) is 0 Å². The van der Waals surface area contributed by atoms with E-state index < -0.39 is 0 Å². The van der Waals surface area contributed by atoms with Gasteiger partial charge in [-0.1, -0.05) is 13.8 Å². The molecule has 0 bridgehead atoms. The summed E-state index contributed by atoms with van der Waals surface area (Å²) in [5.41, 5.74) is 0.580. The van der Waals surface area contributed by atoms with Crippen LogP contribution in [0.3, 0.4) is 0 Å². The number of ether oxygens (including phenoxy) is 1. The molecule has 5 nitrogen and oxygen atoms in total. The first kappa shape index (κ1) is 14.4. The molecule has 1 N–H and O–H groups in total. The third-order valence-electron chi connectivity index (χ3n) is 3.01. The summed E-state index contributed by atoms with van der Waals surface area (Å²) >= 11 is 0. The third-order valence-corrected chi connectivity index (χ3v) is 3.01. The van der Waals surface area contributed by atoms with Gasteiger partial charge in [-0.05, 0) is 30.2 Å². The van der Waals surface area contributed by atoms with E-state index in [0.29, 0.717) is 31.2 Å². The number of hydrogen-bond acceptors (Lipinski definition) is 3. The number of amides is 2. The number of benzene rings is 1. The van der Waals surface area contributed by atoms with Crippen molar-refractivity contribution >= 4 is 11.8 Å². The SMILES string of the molecule is CC(C)COc1ccc(C(=O)N2CCNC(=O)C2)cc1. The lowest BCUT2D eigenvalue weighted by Gasteiger charge is -2.26. The maximum Gasteiger partial charge on any atom is 0.254 e. The van der Waals surface area contributed by atoms with E-state index >= 15 is 0 Å². The van der Waals surface area contributed by atoms with Crippen LogP contribution in [0, 0.1) is 5.92 Å². The molecule has 0 unspecified atom stereocenters. The van der Waals surface area contributed by atoms with Crippen LogP contribution in [0.4, 0.5) is 0 Å². The number of rotatable bonds is 4. The average Bonchev–Trinajstić information content (AvgIpc) is 2.45. The van der Waals surface area contributed by atoms with Crippen LogP contribution in [-0.2, 0) is 4.79 Å². The number of nitrogens with one attached hydrogen (secondary N) is 1. The third kappa shape index (κ3) is 3.73. The number of carbonyl (C=O) groups is 2. The van der Waals surface area contributed by atoms with Crippen LogP contribution in [0.15, 0.2) is 24.3 Å². The summed E-state index contributed by atoms with van der Waals surface area (Å²) in [5.74, 6) is 0.992. The number of piperazine rings is 1. The van der Waals surface area contributed by atoms with Gasteiger partial charge < -0.3 is 15.0 Å². The molecule has 0 aliphatic carbocycles. The number of carbonyl (C=O) groups excluding carboxylic acids is 2. The first-order chi connectivity index (χ1) is 9.56. The monoisotopic (exact) mass is 276 g/mol. The second kappa shape index (κ2) is 6.41. The predicted molar refractivity (Wildman–Crippen MR) is 75.7 cm³/mol. The highest BCUT2D eigenvalue weighted by Crippen LogP contribution is 2.15. The Hall–Kier alpha value is -2.04. The Kier molecular flexibility index (Phi) is 4.61. The molecule has 1 aliphatic rings. The Morgan fingerprint density at radius 2 is 2.05 bits per heavy atom. The minimum Gasteiger partial charge on any atom is -0.493 e. The van der Waals surface area contributed by atoms with E-state index in [9.17, 15) is 9.59 Å². The zero-order valence-electron chi connectivity index (χ0n) is 11.9. The van der Waals surface area contributed by atoms with Gasteiger partial charge in [-0.25, -0.2) is 0 Å². The molecule has 1 aliphatic heterocycles. The summed E-state index contributed by atoms with van der Waals surface area (Å²) in [6.07, 6.45) is 0. The smallest absolute Gasteiger partial charge is 0.254 e.